The summed E-state index contributed by atoms with van der Waals surface area (Å²) < 4.78 is 62.7. The average Bonchev–Trinajstić information content (AvgIpc) is 3.75. The average molecular weight is 672 g/mol. The molecule has 24 heteroatoms. The minimum Gasteiger partial charge on any atom is -0.393 e. The van der Waals surface area contributed by atoms with E-state index in [-0.39, 0.29) is 46.9 Å². The molecule has 4 aromatic heterocycles. The molecular weight excluding hydrogens is 646 g/mol. The van der Waals surface area contributed by atoms with Crippen LogP contribution in [0.5, 0.6) is 0 Å². The lowest BCUT2D eigenvalue weighted by molar-refractivity contribution is -0.148. The Bertz CT molecular complexity index is 1940. The van der Waals surface area contributed by atoms with E-state index < -0.39 is 77.4 Å². The number of hydrogen-bond acceptors (Lipinski definition) is 17. The van der Waals surface area contributed by atoms with Gasteiger partial charge in [0.25, 0.3) is 5.56 Å². The van der Waals surface area contributed by atoms with Crippen molar-refractivity contribution < 1.29 is 51.6 Å². The zero-order valence-electron chi connectivity index (χ0n) is 22.8. The van der Waals surface area contributed by atoms with Gasteiger partial charge in [0.2, 0.25) is 5.95 Å². The van der Waals surface area contributed by atoms with Crippen molar-refractivity contribution >= 4 is 49.7 Å². The van der Waals surface area contributed by atoms with E-state index in [1.165, 1.54) is 28.1 Å². The molecule has 8 atom stereocenters. The molecule has 22 nitrogen and oxygen atoms in total. The summed E-state index contributed by atoms with van der Waals surface area (Å²) in [6, 6.07) is 0. The SMILES string of the molecule is Nc1nc2c(ncn2[C@@H]2O[C@@H]3COP(=O)(O)O[C@H]4C[C@H](n5cnc6c(N)ncnc65)O[C@]4(CO)COP(=O)(O)O[C@@H]2C3)c(=O)[nH]1. The summed E-state index contributed by atoms with van der Waals surface area (Å²) in [6.45, 7) is -2.27. The normalized spacial score (nSPS) is 36.0. The number of phosphoric ester groups is 2. The maximum Gasteiger partial charge on any atom is 0.472 e. The predicted octanol–water partition coefficient (Wildman–Crippen LogP) is -0.921. The largest absolute Gasteiger partial charge is 0.472 e. The van der Waals surface area contributed by atoms with Crippen molar-refractivity contribution in [1.82, 2.24) is 39.0 Å². The molecule has 2 bridgehead atoms. The number of imidazole rings is 2. The van der Waals surface area contributed by atoms with Crippen molar-refractivity contribution in [3.05, 3.63) is 29.3 Å². The third kappa shape index (κ3) is 5.42. The molecule has 4 aromatic rings. The van der Waals surface area contributed by atoms with Crippen LogP contribution < -0.4 is 17.0 Å². The molecule has 0 aliphatic carbocycles. The van der Waals surface area contributed by atoms with Gasteiger partial charge in [0.1, 0.15) is 35.9 Å². The van der Waals surface area contributed by atoms with Crippen LogP contribution in [0.25, 0.3) is 22.3 Å². The first kappa shape index (κ1) is 30.3. The summed E-state index contributed by atoms with van der Waals surface area (Å²) in [5.41, 5.74) is 9.34. The molecule has 0 amide bonds. The third-order valence-corrected chi connectivity index (χ3v) is 9.62. The first-order chi connectivity index (χ1) is 21.4. The Morgan fingerprint density at radius 2 is 1.76 bits per heavy atom. The number of nitrogens with zero attached hydrogens (tertiary/aromatic N) is 7. The van der Waals surface area contributed by atoms with Gasteiger partial charge in [-0.05, 0) is 0 Å². The summed E-state index contributed by atoms with van der Waals surface area (Å²) in [6.07, 6.45) is -2.51. The second-order valence-corrected chi connectivity index (χ2v) is 13.3. The van der Waals surface area contributed by atoms with E-state index in [1.54, 1.807) is 0 Å². The monoisotopic (exact) mass is 672 g/mol. The zero-order chi connectivity index (χ0) is 31.7. The van der Waals surface area contributed by atoms with Gasteiger partial charge < -0.3 is 35.8 Å². The van der Waals surface area contributed by atoms with E-state index in [0.29, 0.717) is 0 Å². The van der Waals surface area contributed by atoms with Crippen molar-refractivity contribution in [2.45, 2.75) is 49.2 Å². The van der Waals surface area contributed by atoms with Gasteiger partial charge in [0, 0.05) is 12.8 Å². The van der Waals surface area contributed by atoms with Gasteiger partial charge in [-0.1, -0.05) is 0 Å². The zero-order valence-corrected chi connectivity index (χ0v) is 24.6. The number of aromatic nitrogens is 8. The maximum atomic E-state index is 13.3. The molecular formula is C21H26N10O12P2. The molecule has 0 saturated carbocycles. The fourth-order valence-corrected chi connectivity index (χ4v) is 7.54. The number of anilines is 2. The molecule has 7 heterocycles. The number of phosphoric acid groups is 2. The number of H-pyrrole nitrogens is 1. The number of nitrogen functional groups attached to an aromatic ring is 2. The molecule has 3 aliphatic rings. The molecule has 8 N–H and O–H groups in total. The van der Waals surface area contributed by atoms with Crippen LogP contribution in [0, 0.1) is 0 Å². The minimum absolute atomic E-state index is 0.0195. The second-order valence-electron chi connectivity index (χ2n) is 10.5. The smallest absolute Gasteiger partial charge is 0.393 e. The standard InChI is InChI=1S/C21H26N10O12P2/c22-15-13-16(25-6-24-15)30(7-26-13)12-2-11-21(4-32,41-12)5-39-45(36,37)42-10-1-9(3-38-44(34,35)43-11)40-19(10)31-8-27-14-17(31)28-20(23)29-18(14)33/h6-12,19,32H,1-5H2,(H,34,35)(H,36,37)(H2,22,24,25)(H3,23,28,29,33)/t9-,10+,11-,12+,19+,21+/m0/s1. The molecule has 242 valence electrons. The number of fused-ring (bicyclic) bond motifs is 5. The number of aliphatic hydroxyl groups excluding tert-OH is 1. The van der Waals surface area contributed by atoms with Crippen LogP contribution in [0.3, 0.4) is 0 Å². The molecule has 0 spiro atoms. The number of nitrogens with one attached hydrogen (secondary N) is 1. The predicted molar refractivity (Wildman–Crippen MR) is 147 cm³/mol. The van der Waals surface area contributed by atoms with Crippen molar-refractivity contribution in [2.24, 2.45) is 0 Å². The highest BCUT2D eigenvalue weighted by molar-refractivity contribution is 7.47. The van der Waals surface area contributed by atoms with E-state index in [1.807, 2.05) is 0 Å². The van der Waals surface area contributed by atoms with Crippen LogP contribution in [-0.4, -0.2) is 97.7 Å². The molecule has 3 saturated heterocycles. The van der Waals surface area contributed by atoms with Crippen LogP contribution in [0.2, 0.25) is 0 Å². The number of hydrogen-bond donors (Lipinski definition) is 6. The molecule has 0 radical (unpaired) electrons. The number of aliphatic hydroxyl groups is 1. The van der Waals surface area contributed by atoms with Gasteiger partial charge in [0.15, 0.2) is 28.9 Å². The fraction of sp³-hybridized carbons (Fsp3) is 0.524. The minimum atomic E-state index is -4.98. The number of rotatable bonds is 3. The van der Waals surface area contributed by atoms with Crippen molar-refractivity contribution in [3.63, 3.8) is 0 Å². The molecule has 0 aromatic carbocycles. The third-order valence-electron chi connectivity index (χ3n) is 7.63. The molecule has 3 aliphatic heterocycles. The quantitative estimate of drug-likeness (QED) is 0.143. The second kappa shape index (κ2) is 10.9. The van der Waals surface area contributed by atoms with Crippen LogP contribution in [0.15, 0.2) is 23.8 Å². The Labute approximate surface area is 250 Å². The lowest BCUT2D eigenvalue weighted by Gasteiger charge is -2.33. The Morgan fingerprint density at radius 1 is 1.00 bits per heavy atom. The first-order valence-corrected chi connectivity index (χ1v) is 16.3. The van der Waals surface area contributed by atoms with Crippen molar-refractivity contribution in [1.29, 1.82) is 0 Å². The highest BCUT2D eigenvalue weighted by Gasteiger charge is 2.55. The van der Waals surface area contributed by atoms with Crippen LogP contribution >= 0.6 is 15.6 Å². The summed E-state index contributed by atoms with van der Waals surface area (Å²) in [5, 5.41) is 10.5. The van der Waals surface area contributed by atoms with Crippen LogP contribution in [-0.2, 0) is 36.7 Å². The topological polar surface area (TPSA) is 309 Å². The van der Waals surface area contributed by atoms with E-state index in [0.717, 1.165) is 0 Å². The van der Waals surface area contributed by atoms with Crippen molar-refractivity contribution in [3.8, 4) is 0 Å². The maximum absolute atomic E-state index is 13.3. The fourth-order valence-electron chi connectivity index (χ4n) is 5.55. The van der Waals surface area contributed by atoms with Gasteiger partial charge in [-0.2, -0.15) is 4.98 Å². The summed E-state index contributed by atoms with van der Waals surface area (Å²) in [7, 11) is -9.88. The number of ether oxygens (including phenoxy) is 2. The molecule has 45 heavy (non-hydrogen) atoms. The van der Waals surface area contributed by atoms with Gasteiger partial charge in [-0.25, -0.2) is 29.1 Å². The van der Waals surface area contributed by atoms with Gasteiger partial charge in [0.05, 0.1) is 38.6 Å². The van der Waals surface area contributed by atoms with Crippen molar-refractivity contribution in [2.75, 3.05) is 31.3 Å². The highest BCUT2D eigenvalue weighted by Crippen LogP contribution is 2.55. The molecule has 7 rings (SSSR count). The highest BCUT2D eigenvalue weighted by atomic mass is 31.2. The first-order valence-electron chi connectivity index (χ1n) is 13.3. The van der Waals surface area contributed by atoms with E-state index in [2.05, 4.69) is 29.9 Å². The van der Waals surface area contributed by atoms with E-state index in [9.17, 15) is 28.8 Å². The van der Waals surface area contributed by atoms with E-state index >= 15 is 0 Å². The van der Waals surface area contributed by atoms with Gasteiger partial charge in [-0.3, -0.25) is 37.0 Å². The van der Waals surface area contributed by atoms with Gasteiger partial charge in [-0.15, -0.1) is 0 Å². The summed E-state index contributed by atoms with van der Waals surface area (Å²) in [5.74, 6) is -0.133. The molecule has 3 fully saturated rings. The molecule has 2 unspecified atom stereocenters. The Hall–Kier alpha value is -3.40. The summed E-state index contributed by atoms with van der Waals surface area (Å²) >= 11 is 0. The van der Waals surface area contributed by atoms with Crippen LogP contribution in [0.4, 0.5) is 11.8 Å². The lowest BCUT2D eigenvalue weighted by atomic mass is 9.99. The Balaban J connectivity index is 1.21. The Morgan fingerprint density at radius 3 is 2.56 bits per heavy atom. The number of nitrogens with two attached hydrogens (primary N) is 2. The number of aromatic amines is 1. The van der Waals surface area contributed by atoms with Gasteiger partial charge >= 0.3 is 15.6 Å². The van der Waals surface area contributed by atoms with Crippen LogP contribution in [0.1, 0.15) is 25.3 Å². The lowest BCUT2D eigenvalue weighted by Crippen LogP contribution is -2.48. The Kier molecular flexibility index (Phi) is 7.30. The van der Waals surface area contributed by atoms with E-state index in [4.69, 9.17) is 39.0 Å². The summed E-state index contributed by atoms with van der Waals surface area (Å²) in [4.78, 5) is 56.4.